The number of aromatic amines is 1. The molecule has 0 fully saturated rings. The maximum atomic E-state index is 12.3. The molecule has 1 aromatic carbocycles. The molecule has 106 valence electrons. The van der Waals surface area contributed by atoms with Crippen LogP contribution in [-0.4, -0.2) is 38.5 Å². The molecule has 0 spiro atoms. The van der Waals surface area contributed by atoms with Crippen molar-refractivity contribution < 1.29 is 4.79 Å². The Morgan fingerprint density at radius 3 is 2.60 bits per heavy atom. The maximum absolute atomic E-state index is 12.3. The molecule has 1 heterocycles. The van der Waals surface area contributed by atoms with Gasteiger partial charge in [0.15, 0.2) is 5.82 Å². The summed E-state index contributed by atoms with van der Waals surface area (Å²) in [5.74, 6) is 0.571. The van der Waals surface area contributed by atoms with Crippen LogP contribution in [0.15, 0.2) is 30.3 Å². The lowest BCUT2D eigenvalue weighted by molar-refractivity contribution is -0.131. The number of carbonyl (C=O) groups excluding carboxylic acids is 1. The summed E-state index contributed by atoms with van der Waals surface area (Å²) in [5.41, 5.74) is 0.949. The summed E-state index contributed by atoms with van der Waals surface area (Å²) in [6.45, 7) is 4.51. The standard InChI is InChI=1S/C14H19N5O/c1-14(2,11-7-5-4-6-8-11)9-13(20)19(3)10-12-15-17-18-16-12/h4-8H,9-10H2,1-3H3,(H,15,16,17,18). The Morgan fingerprint density at radius 2 is 2.00 bits per heavy atom. The first-order valence-electron chi connectivity index (χ1n) is 6.51. The van der Waals surface area contributed by atoms with Crippen molar-refractivity contribution in [2.45, 2.75) is 32.2 Å². The molecule has 0 aliphatic carbocycles. The van der Waals surface area contributed by atoms with Crippen LogP contribution in [0.5, 0.6) is 0 Å². The van der Waals surface area contributed by atoms with E-state index in [2.05, 4.69) is 34.5 Å². The SMILES string of the molecule is CN(Cc1nn[nH]n1)C(=O)CC(C)(C)c1ccccc1. The van der Waals surface area contributed by atoms with Crippen LogP contribution in [0.3, 0.4) is 0 Å². The third-order valence-electron chi connectivity index (χ3n) is 3.34. The van der Waals surface area contributed by atoms with Gasteiger partial charge in [0, 0.05) is 13.5 Å². The average Bonchev–Trinajstić information content (AvgIpc) is 2.92. The van der Waals surface area contributed by atoms with Crippen molar-refractivity contribution in [1.82, 2.24) is 25.5 Å². The Hall–Kier alpha value is -2.24. The van der Waals surface area contributed by atoms with E-state index in [9.17, 15) is 4.79 Å². The van der Waals surface area contributed by atoms with Crippen molar-refractivity contribution in [2.24, 2.45) is 0 Å². The number of hydrogen-bond acceptors (Lipinski definition) is 4. The monoisotopic (exact) mass is 273 g/mol. The first kappa shape index (κ1) is 14.2. The van der Waals surface area contributed by atoms with Gasteiger partial charge in [-0.3, -0.25) is 4.79 Å². The van der Waals surface area contributed by atoms with E-state index in [4.69, 9.17) is 0 Å². The number of benzene rings is 1. The van der Waals surface area contributed by atoms with Crippen molar-refractivity contribution in [3.8, 4) is 0 Å². The Morgan fingerprint density at radius 1 is 1.30 bits per heavy atom. The van der Waals surface area contributed by atoms with Gasteiger partial charge in [-0.05, 0) is 11.0 Å². The summed E-state index contributed by atoms with van der Waals surface area (Å²) in [7, 11) is 1.75. The molecule has 1 amide bonds. The summed E-state index contributed by atoms with van der Waals surface area (Å²) in [6.07, 6.45) is 0.436. The second-order valence-corrected chi connectivity index (χ2v) is 5.50. The van der Waals surface area contributed by atoms with E-state index < -0.39 is 0 Å². The largest absolute Gasteiger partial charge is 0.338 e. The lowest BCUT2D eigenvalue weighted by atomic mass is 9.81. The van der Waals surface area contributed by atoms with E-state index in [-0.39, 0.29) is 11.3 Å². The van der Waals surface area contributed by atoms with Crippen molar-refractivity contribution in [1.29, 1.82) is 0 Å². The first-order chi connectivity index (χ1) is 9.49. The zero-order chi connectivity index (χ0) is 14.6. The quantitative estimate of drug-likeness (QED) is 0.896. The minimum Gasteiger partial charge on any atom is -0.338 e. The van der Waals surface area contributed by atoms with Crippen molar-refractivity contribution >= 4 is 5.91 Å². The highest BCUT2D eigenvalue weighted by molar-refractivity contribution is 5.77. The third kappa shape index (κ3) is 3.40. The first-order valence-corrected chi connectivity index (χ1v) is 6.51. The van der Waals surface area contributed by atoms with Gasteiger partial charge in [0.2, 0.25) is 5.91 Å². The molecule has 1 aromatic heterocycles. The molecule has 0 aliphatic heterocycles. The van der Waals surface area contributed by atoms with Gasteiger partial charge in [-0.1, -0.05) is 49.4 Å². The minimum absolute atomic E-state index is 0.0589. The molecule has 0 saturated carbocycles. The van der Waals surface area contributed by atoms with Crippen LogP contribution in [0.2, 0.25) is 0 Å². The molecule has 6 nitrogen and oxygen atoms in total. The number of nitrogens with zero attached hydrogens (tertiary/aromatic N) is 4. The zero-order valence-electron chi connectivity index (χ0n) is 12.0. The summed E-state index contributed by atoms with van der Waals surface area (Å²) >= 11 is 0. The van der Waals surface area contributed by atoms with E-state index >= 15 is 0 Å². The third-order valence-corrected chi connectivity index (χ3v) is 3.34. The van der Waals surface area contributed by atoms with Crippen molar-refractivity contribution in [3.05, 3.63) is 41.7 Å². The number of hydrogen-bond donors (Lipinski definition) is 1. The van der Waals surface area contributed by atoms with Crippen molar-refractivity contribution in [2.75, 3.05) is 7.05 Å². The summed E-state index contributed by atoms with van der Waals surface area (Å²) < 4.78 is 0. The summed E-state index contributed by atoms with van der Waals surface area (Å²) in [5, 5.41) is 13.6. The normalized spacial score (nSPS) is 11.3. The lowest BCUT2D eigenvalue weighted by Crippen LogP contribution is -2.32. The topological polar surface area (TPSA) is 74.8 Å². The van der Waals surface area contributed by atoms with Gasteiger partial charge < -0.3 is 4.90 Å². The average molecular weight is 273 g/mol. The minimum atomic E-state index is -0.205. The maximum Gasteiger partial charge on any atom is 0.223 e. The van der Waals surface area contributed by atoms with Gasteiger partial charge in [0.05, 0.1) is 6.54 Å². The number of amides is 1. The fourth-order valence-electron chi connectivity index (χ4n) is 2.05. The highest BCUT2D eigenvalue weighted by Crippen LogP contribution is 2.27. The van der Waals surface area contributed by atoms with E-state index in [0.717, 1.165) is 5.56 Å². The number of tetrazole rings is 1. The number of H-pyrrole nitrogens is 1. The van der Waals surface area contributed by atoms with Crippen LogP contribution < -0.4 is 0 Å². The Bertz CT molecular complexity index is 550. The molecule has 0 atom stereocenters. The van der Waals surface area contributed by atoms with Crippen LogP contribution in [0.4, 0.5) is 0 Å². The Kier molecular flexibility index (Phi) is 4.12. The molecular weight excluding hydrogens is 254 g/mol. The van der Waals surface area contributed by atoms with Crippen LogP contribution >= 0.6 is 0 Å². The van der Waals surface area contributed by atoms with Gasteiger partial charge in [0.1, 0.15) is 0 Å². The lowest BCUT2D eigenvalue weighted by Gasteiger charge is -2.27. The molecule has 0 radical (unpaired) electrons. The van der Waals surface area contributed by atoms with Crippen molar-refractivity contribution in [3.63, 3.8) is 0 Å². The fourth-order valence-corrected chi connectivity index (χ4v) is 2.05. The zero-order valence-corrected chi connectivity index (χ0v) is 12.0. The number of carbonyl (C=O) groups is 1. The molecule has 0 aliphatic rings. The molecule has 6 heteroatoms. The molecular formula is C14H19N5O. The molecule has 2 rings (SSSR count). The second kappa shape index (κ2) is 5.81. The van der Waals surface area contributed by atoms with Crippen LogP contribution in [-0.2, 0) is 16.8 Å². The Balaban J connectivity index is 2.00. The summed E-state index contributed by atoms with van der Waals surface area (Å²) in [6, 6.07) is 10.1. The highest BCUT2D eigenvalue weighted by atomic mass is 16.2. The molecule has 2 aromatic rings. The fraction of sp³-hybridized carbons (Fsp3) is 0.429. The smallest absolute Gasteiger partial charge is 0.223 e. The van der Waals surface area contributed by atoms with E-state index in [1.165, 1.54) is 0 Å². The molecule has 0 bridgehead atoms. The second-order valence-electron chi connectivity index (χ2n) is 5.50. The molecule has 1 N–H and O–H groups in total. The molecule has 20 heavy (non-hydrogen) atoms. The number of rotatable bonds is 5. The van der Waals surface area contributed by atoms with Gasteiger partial charge in [-0.2, -0.15) is 5.21 Å². The van der Waals surface area contributed by atoms with Gasteiger partial charge in [0.25, 0.3) is 0 Å². The van der Waals surface area contributed by atoms with Gasteiger partial charge in [-0.25, -0.2) is 0 Å². The van der Waals surface area contributed by atoms with E-state index in [1.54, 1.807) is 11.9 Å². The molecule has 0 saturated heterocycles. The van der Waals surface area contributed by atoms with Crippen LogP contribution in [0.25, 0.3) is 0 Å². The van der Waals surface area contributed by atoms with Crippen LogP contribution in [0.1, 0.15) is 31.7 Å². The predicted molar refractivity (Wildman–Crippen MR) is 74.7 cm³/mol. The van der Waals surface area contributed by atoms with Gasteiger partial charge in [-0.15, -0.1) is 10.2 Å². The van der Waals surface area contributed by atoms with E-state index in [1.807, 2.05) is 30.3 Å². The van der Waals surface area contributed by atoms with E-state index in [0.29, 0.717) is 18.8 Å². The molecule has 0 unspecified atom stereocenters. The van der Waals surface area contributed by atoms with Crippen LogP contribution in [0, 0.1) is 0 Å². The van der Waals surface area contributed by atoms with Gasteiger partial charge >= 0.3 is 0 Å². The predicted octanol–water partition coefficient (Wildman–Crippen LogP) is 1.53. The summed E-state index contributed by atoms with van der Waals surface area (Å²) in [4.78, 5) is 13.9. The number of aromatic nitrogens is 4. The Labute approximate surface area is 118 Å². The highest BCUT2D eigenvalue weighted by Gasteiger charge is 2.26. The number of nitrogens with one attached hydrogen (secondary N) is 1.